The van der Waals surface area contributed by atoms with Crippen LogP contribution in [0.5, 0.6) is 0 Å². The van der Waals surface area contributed by atoms with Gasteiger partial charge in [-0.15, -0.1) is 0 Å². The van der Waals surface area contributed by atoms with E-state index in [0.29, 0.717) is 11.1 Å². The number of aldehydes is 1. The molecule has 0 heterocycles. The molecule has 0 saturated carbocycles. The van der Waals surface area contributed by atoms with Crippen molar-refractivity contribution >= 4 is 12.3 Å². The predicted octanol–water partition coefficient (Wildman–Crippen LogP) is 2.98. The lowest BCUT2D eigenvalue weighted by atomic mass is 9.77. The third-order valence-electron chi connectivity index (χ3n) is 3.34. The first-order valence-electron chi connectivity index (χ1n) is 6.03. The van der Waals surface area contributed by atoms with Gasteiger partial charge in [0.2, 0.25) is 0 Å². The predicted molar refractivity (Wildman–Crippen MR) is 71.0 cm³/mol. The second kappa shape index (κ2) is 5.34. The molecule has 3 nitrogen and oxygen atoms in total. The maximum atomic E-state index is 11.7. The summed E-state index contributed by atoms with van der Waals surface area (Å²) in [5, 5.41) is 0. The van der Waals surface area contributed by atoms with Crippen LogP contribution in [0.25, 0.3) is 0 Å². The monoisotopic (exact) mass is 248 g/mol. The van der Waals surface area contributed by atoms with E-state index in [1.807, 2.05) is 32.9 Å². The van der Waals surface area contributed by atoms with Crippen molar-refractivity contribution in [3.05, 3.63) is 34.9 Å². The van der Waals surface area contributed by atoms with Crippen LogP contribution in [0.3, 0.4) is 0 Å². The molecule has 0 fully saturated rings. The zero-order valence-electron chi connectivity index (χ0n) is 11.6. The summed E-state index contributed by atoms with van der Waals surface area (Å²) < 4.78 is 5.37. The van der Waals surface area contributed by atoms with Gasteiger partial charge in [0.1, 0.15) is 12.4 Å². The number of hydrogen-bond donors (Lipinski definition) is 0. The summed E-state index contributed by atoms with van der Waals surface area (Å²) in [6, 6.07) is 0. The van der Waals surface area contributed by atoms with Gasteiger partial charge in [0, 0.05) is 16.6 Å². The first kappa shape index (κ1) is 14.4. The molecule has 1 atom stereocenters. The third kappa shape index (κ3) is 2.78. The van der Waals surface area contributed by atoms with E-state index in [4.69, 9.17) is 4.74 Å². The largest absolute Gasteiger partial charge is 0.450 e. The molecule has 98 valence electrons. The SMILES string of the molecule is C/C=C(/C)C(=O)OC1C=CC(C)(C)C(C=O)=C1C. The molecule has 3 heteroatoms. The molecule has 0 radical (unpaired) electrons. The molecule has 0 amide bonds. The van der Waals surface area contributed by atoms with Crippen LogP contribution in [-0.2, 0) is 14.3 Å². The fourth-order valence-electron chi connectivity index (χ4n) is 1.92. The summed E-state index contributed by atoms with van der Waals surface area (Å²) >= 11 is 0. The van der Waals surface area contributed by atoms with Crippen molar-refractivity contribution in [3.63, 3.8) is 0 Å². The molecule has 1 aliphatic rings. The van der Waals surface area contributed by atoms with Gasteiger partial charge in [-0.1, -0.05) is 26.0 Å². The fraction of sp³-hybridized carbons (Fsp3) is 0.467. The average molecular weight is 248 g/mol. The van der Waals surface area contributed by atoms with E-state index in [-0.39, 0.29) is 11.4 Å². The maximum Gasteiger partial charge on any atom is 0.334 e. The highest BCUT2D eigenvalue weighted by atomic mass is 16.5. The Morgan fingerprint density at radius 1 is 1.44 bits per heavy atom. The average Bonchev–Trinajstić information content (AvgIpc) is 2.32. The zero-order chi connectivity index (χ0) is 13.9. The molecule has 1 aliphatic carbocycles. The van der Waals surface area contributed by atoms with Crippen LogP contribution in [0.1, 0.15) is 34.6 Å². The van der Waals surface area contributed by atoms with Crippen LogP contribution in [0.15, 0.2) is 34.9 Å². The van der Waals surface area contributed by atoms with E-state index in [1.165, 1.54) is 0 Å². The van der Waals surface area contributed by atoms with E-state index in [0.717, 1.165) is 11.9 Å². The highest BCUT2D eigenvalue weighted by Crippen LogP contribution is 2.35. The number of esters is 1. The standard InChI is InChI=1S/C15H20O3/c1-6-10(2)14(17)18-13-7-8-15(4,5)12(9-16)11(13)3/h6-9,13H,1-5H3/b10-6-. The van der Waals surface area contributed by atoms with Crippen molar-refractivity contribution in [2.45, 2.75) is 40.7 Å². The second-order valence-corrected chi connectivity index (χ2v) is 5.09. The van der Waals surface area contributed by atoms with Crippen LogP contribution < -0.4 is 0 Å². The highest BCUT2D eigenvalue weighted by molar-refractivity contribution is 5.88. The smallest absolute Gasteiger partial charge is 0.334 e. The molecular formula is C15H20O3. The molecule has 0 N–H and O–H groups in total. The molecule has 0 saturated heterocycles. The quantitative estimate of drug-likeness (QED) is 0.334. The zero-order valence-corrected chi connectivity index (χ0v) is 11.6. The second-order valence-electron chi connectivity index (χ2n) is 5.09. The Labute approximate surface area is 108 Å². The van der Waals surface area contributed by atoms with Crippen LogP contribution in [0.4, 0.5) is 0 Å². The van der Waals surface area contributed by atoms with Crippen LogP contribution in [-0.4, -0.2) is 18.4 Å². The Morgan fingerprint density at radius 2 is 2.06 bits per heavy atom. The minimum Gasteiger partial charge on any atom is -0.450 e. The van der Waals surface area contributed by atoms with Crippen molar-refractivity contribution in [2.75, 3.05) is 0 Å². The number of ether oxygens (including phenoxy) is 1. The fourth-order valence-corrected chi connectivity index (χ4v) is 1.92. The Kier molecular flexibility index (Phi) is 4.28. The molecule has 1 rings (SSSR count). The summed E-state index contributed by atoms with van der Waals surface area (Å²) in [7, 11) is 0. The van der Waals surface area contributed by atoms with E-state index >= 15 is 0 Å². The van der Waals surface area contributed by atoms with Gasteiger partial charge in [0.05, 0.1) is 0 Å². The van der Waals surface area contributed by atoms with Crippen LogP contribution >= 0.6 is 0 Å². The van der Waals surface area contributed by atoms with Gasteiger partial charge in [0.15, 0.2) is 0 Å². The van der Waals surface area contributed by atoms with E-state index < -0.39 is 6.10 Å². The number of carbonyl (C=O) groups is 2. The lowest BCUT2D eigenvalue weighted by Gasteiger charge is -2.30. The van der Waals surface area contributed by atoms with Crippen molar-refractivity contribution in [1.29, 1.82) is 0 Å². The van der Waals surface area contributed by atoms with Crippen LogP contribution in [0, 0.1) is 5.41 Å². The summed E-state index contributed by atoms with van der Waals surface area (Å²) in [5.41, 5.74) is 1.74. The molecule has 0 aromatic rings. The Balaban J connectivity index is 2.98. The molecule has 1 unspecified atom stereocenters. The normalized spacial score (nSPS) is 22.9. The van der Waals surface area contributed by atoms with Gasteiger partial charge < -0.3 is 4.74 Å². The minimum absolute atomic E-state index is 0.301. The van der Waals surface area contributed by atoms with E-state index in [1.54, 1.807) is 19.9 Å². The van der Waals surface area contributed by atoms with Gasteiger partial charge >= 0.3 is 5.97 Å². The Morgan fingerprint density at radius 3 is 2.56 bits per heavy atom. The molecular weight excluding hydrogens is 228 g/mol. The molecule has 0 bridgehead atoms. The number of hydrogen-bond acceptors (Lipinski definition) is 3. The van der Waals surface area contributed by atoms with Crippen molar-refractivity contribution in [1.82, 2.24) is 0 Å². The summed E-state index contributed by atoms with van der Waals surface area (Å²) in [6.45, 7) is 9.25. The molecule has 18 heavy (non-hydrogen) atoms. The number of allylic oxidation sites excluding steroid dienone is 3. The van der Waals surface area contributed by atoms with Crippen molar-refractivity contribution in [2.24, 2.45) is 5.41 Å². The van der Waals surface area contributed by atoms with Crippen LogP contribution in [0.2, 0.25) is 0 Å². The molecule has 0 spiro atoms. The third-order valence-corrected chi connectivity index (χ3v) is 3.34. The summed E-state index contributed by atoms with van der Waals surface area (Å²) in [4.78, 5) is 22.9. The lowest BCUT2D eigenvalue weighted by molar-refractivity contribution is -0.141. The first-order chi connectivity index (χ1) is 8.33. The minimum atomic E-state index is -0.444. The number of rotatable bonds is 3. The van der Waals surface area contributed by atoms with Gasteiger partial charge in [0.25, 0.3) is 0 Å². The van der Waals surface area contributed by atoms with E-state index in [2.05, 4.69) is 0 Å². The molecule has 0 aromatic carbocycles. The highest BCUT2D eigenvalue weighted by Gasteiger charge is 2.30. The summed E-state index contributed by atoms with van der Waals surface area (Å²) in [5.74, 6) is -0.351. The lowest BCUT2D eigenvalue weighted by Crippen LogP contribution is -2.27. The Hall–Kier alpha value is -1.64. The van der Waals surface area contributed by atoms with Crippen molar-refractivity contribution in [3.8, 4) is 0 Å². The topological polar surface area (TPSA) is 43.4 Å². The Bertz CT molecular complexity index is 450. The van der Waals surface area contributed by atoms with Gasteiger partial charge in [-0.3, -0.25) is 4.79 Å². The van der Waals surface area contributed by atoms with E-state index in [9.17, 15) is 9.59 Å². The van der Waals surface area contributed by atoms with Gasteiger partial charge in [-0.2, -0.15) is 0 Å². The molecule has 0 aliphatic heterocycles. The number of carbonyl (C=O) groups excluding carboxylic acids is 2. The first-order valence-corrected chi connectivity index (χ1v) is 6.03. The van der Waals surface area contributed by atoms with Crippen molar-refractivity contribution < 1.29 is 14.3 Å². The van der Waals surface area contributed by atoms with Gasteiger partial charge in [-0.25, -0.2) is 4.79 Å². The maximum absolute atomic E-state index is 11.7. The summed E-state index contributed by atoms with van der Waals surface area (Å²) in [6.07, 6.45) is 5.86. The van der Waals surface area contributed by atoms with Gasteiger partial charge in [-0.05, 0) is 32.4 Å². The molecule has 0 aromatic heterocycles.